The molecule has 3 rings (SSSR count). The maximum Gasteiger partial charge on any atom is 0.192 e. The minimum absolute atomic E-state index is 0.221. The number of thioether (sulfide) groups is 1. The van der Waals surface area contributed by atoms with E-state index < -0.39 is 0 Å². The molecule has 0 atom stereocenters. The number of benzene rings is 2. The summed E-state index contributed by atoms with van der Waals surface area (Å²) in [5.41, 5.74) is 3.25. The van der Waals surface area contributed by atoms with Gasteiger partial charge in [0.05, 0.1) is 0 Å². The molecule has 3 aromatic rings. The van der Waals surface area contributed by atoms with E-state index in [0.29, 0.717) is 18.2 Å². The Labute approximate surface area is 158 Å². The van der Waals surface area contributed by atoms with Crippen LogP contribution in [-0.4, -0.2) is 14.8 Å². The smallest absolute Gasteiger partial charge is 0.192 e. The zero-order valence-corrected chi connectivity index (χ0v) is 15.8. The van der Waals surface area contributed by atoms with Crippen molar-refractivity contribution in [1.29, 1.82) is 0 Å². The first-order valence-electron chi connectivity index (χ1n) is 8.60. The average Bonchev–Trinajstić information content (AvgIpc) is 3.03. The number of hydrogen-bond acceptors (Lipinski definition) is 3. The largest absolute Gasteiger partial charge is 0.298 e. The van der Waals surface area contributed by atoms with Gasteiger partial charge in [-0.25, -0.2) is 4.39 Å². The highest BCUT2D eigenvalue weighted by molar-refractivity contribution is 7.98. The van der Waals surface area contributed by atoms with E-state index in [2.05, 4.69) is 54.9 Å². The van der Waals surface area contributed by atoms with Crippen LogP contribution in [-0.2, 0) is 12.3 Å². The molecule has 0 spiro atoms. The van der Waals surface area contributed by atoms with E-state index in [-0.39, 0.29) is 5.82 Å². The molecule has 26 heavy (non-hydrogen) atoms. The normalized spacial score (nSPS) is 11.1. The Morgan fingerprint density at radius 1 is 1.15 bits per heavy atom. The zero-order chi connectivity index (χ0) is 18.5. The number of allylic oxidation sites excluding steroid dienone is 1. The lowest BCUT2D eigenvalue weighted by Crippen LogP contribution is -2.01. The second-order valence-electron chi connectivity index (χ2n) is 6.40. The fourth-order valence-corrected chi connectivity index (χ4v) is 3.59. The summed E-state index contributed by atoms with van der Waals surface area (Å²) in [6.07, 6.45) is 1.83. The molecule has 0 fully saturated rings. The molecule has 1 heterocycles. The molecule has 0 aliphatic heterocycles. The standard InChI is InChI=1S/C21H22FN3S/c1-4-12-25-20(18-10-8-17(9-11-18)15(2)3)23-24-21(25)26-14-16-6-5-7-19(22)13-16/h4-11,13,15H,1,12,14H2,2-3H3. The van der Waals surface area contributed by atoms with Crippen molar-refractivity contribution in [3.63, 3.8) is 0 Å². The third-order valence-corrected chi connectivity index (χ3v) is 5.16. The van der Waals surface area contributed by atoms with Crippen molar-refractivity contribution < 1.29 is 4.39 Å². The summed E-state index contributed by atoms with van der Waals surface area (Å²) in [4.78, 5) is 0. The molecule has 0 radical (unpaired) electrons. The summed E-state index contributed by atoms with van der Waals surface area (Å²) < 4.78 is 15.4. The molecular formula is C21H22FN3S. The first kappa shape index (κ1) is 18.4. The average molecular weight is 367 g/mol. The minimum Gasteiger partial charge on any atom is -0.298 e. The van der Waals surface area contributed by atoms with Gasteiger partial charge in [-0.2, -0.15) is 0 Å². The molecule has 2 aromatic carbocycles. The molecule has 0 N–H and O–H groups in total. The topological polar surface area (TPSA) is 30.7 Å². The maximum absolute atomic E-state index is 13.4. The Hall–Kier alpha value is -2.40. The Kier molecular flexibility index (Phi) is 5.89. The lowest BCUT2D eigenvalue weighted by molar-refractivity contribution is 0.626. The van der Waals surface area contributed by atoms with Crippen molar-refractivity contribution in [3.05, 3.63) is 78.1 Å². The predicted octanol–water partition coefficient (Wildman–Crippen LogP) is 5.69. The summed E-state index contributed by atoms with van der Waals surface area (Å²) in [7, 11) is 0. The van der Waals surface area contributed by atoms with Gasteiger partial charge in [-0.3, -0.25) is 4.57 Å². The summed E-state index contributed by atoms with van der Waals surface area (Å²) in [5.74, 6) is 1.73. The quantitative estimate of drug-likeness (QED) is 0.397. The number of halogens is 1. The van der Waals surface area contributed by atoms with E-state index in [1.165, 1.54) is 11.6 Å². The first-order chi connectivity index (χ1) is 12.6. The molecule has 1 aromatic heterocycles. The summed E-state index contributed by atoms with van der Waals surface area (Å²) in [6, 6.07) is 15.1. The molecule has 0 aliphatic rings. The predicted molar refractivity (Wildman–Crippen MR) is 106 cm³/mol. The van der Waals surface area contributed by atoms with Crippen LogP contribution in [0.5, 0.6) is 0 Å². The van der Waals surface area contributed by atoms with Gasteiger partial charge in [0.15, 0.2) is 11.0 Å². The van der Waals surface area contributed by atoms with E-state index in [9.17, 15) is 4.39 Å². The Morgan fingerprint density at radius 3 is 2.58 bits per heavy atom. The van der Waals surface area contributed by atoms with Crippen molar-refractivity contribution in [2.45, 2.75) is 37.2 Å². The van der Waals surface area contributed by atoms with Gasteiger partial charge in [0.2, 0.25) is 0 Å². The molecule has 134 valence electrons. The second kappa shape index (κ2) is 8.32. The van der Waals surface area contributed by atoms with E-state index in [1.54, 1.807) is 23.9 Å². The Morgan fingerprint density at radius 2 is 1.92 bits per heavy atom. The van der Waals surface area contributed by atoms with E-state index in [1.807, 2.05) is 16.7 Å². The van der Waals surface area contributed by atoms with Crippen LogP contribution in [0.25, 0.3) is 11.4 Å². The third kappa shape index (κ3) is 4.22. The molecule has 3 nitrogen and oxygen atoms in total. The van der Waals surface area contributed by atoms with Crippen molar-refractivity contribution in [1.82, 2.24) is 14.8 Å². The van der Waals surface area contributed by atoms with Gasteiger partial charge in [0.1, 0.15) is 5.82 Å². The molecule has 0 bridgehead atoms. The van der Waals surface area contributed by atoms with Crippen LogP contribution in [0.2, 0.25) is 0 Å². The second-order valence-corrected chi connectivity index (χ2v) is 7.34. The van der Waals surface area contributed by atoms with Crippen LogP contribution in [0, 0.1) is 5.82 Å². The van der Waals surface area contributed by atoms with Crippen molar-refractivity contribution >= 4 is 11.8 Å². The van der Waals surface area contributed by atoms with Gasteiger partial charge in [0.25, 0.3) is 0 Å². The van der Waals surface area contributed by atoms with Crippen LogP contribution < -0.4 is 0 Å². The number of rotatable bonds is 7. The van der Waals surface area contributed by atoms with Gasteiger partial charge >= 0.3 is 0 Å². The highest BCUT2D eigenvalue weighted by Gasteiger charge is 2.14. The van der Waals surface area contributed by atoms with Gasteiger partial charge in [-0.15, -0.1) is 16.8 Å². The Bertz CT molecular complexity index is 885. The van der Waals surface area contributed by atoms with E-state index in [0.717, 1.165) is 22.1 Å². The molecule has 0 saturated heterocycles. The lowest BCUT2D eigenvalue weighted by Gasteiger charge is -2.09. The third-order valence-electron chi connectivity index (χ3n) is 4.12. The van der Waals surface area contributed by atoms with Gasteiger partial charge < -0.3 is 0 Å². The van der Waals surface area contributed by atoms with Gasteiger partial charge in [0, 0.05) is 17.9 Å². The number of aromatic nitrogens is 3. The molecule has 0 unspecified atom stereocenters. The highest BCUT2D eigenvalue weighted by atomic mass is 32.2. The fourth-order valence-electron chi connectivity index (χ4n) is 2.69. The van der Waals surface area contributed by atoms with Crippen LogP contribution >= 0.6 is 11.8 Å². The summed E-state index contributed by atoms with van der Waals surface area (Å²) in [5, 5.41) is 9.52. The van der Waals surface area contributed by atoms with Crippen LogP contribution in [0.3, 0.4) is 0 Å². The number of hydrogen-bond donors (Lipinski definition) is 0. The highest BCUT2D eigenvalue weighted by Crippen LogP contribution is 2.27. The summed E-state index contributed by atoms with van der Waals surface area (Å²) in [6.45, 7) is 8.82. The van der Waals surface area contributed by atoms with E-state index in [4.69, 9.17) is 0 Å². The van der Waals surface area contributed by atoms with Crippen LogP contribution in [0.1, 0.15) is 30.9 Å². The SMILES string of the molecule is C=CCn1c(SCc2cccc(F)c2)nnc1-c1ccc(C(C)C)cc1. The molecule has 0 aliphatic carbocycles. The fraction of sp³-hybridized carbons (Fsp3) is 0.238. The van der Waals surface area contributed by atoms with Crippen molar-refractivity contribution in [2.24, 2.45) is 0 Å². The first-order valence-corrected chi connectivity index (χ1v) is 9.58. The van der Waals surface area contributed by atoms with Crippen LogP contribution in [0.4, 0.5) is 4.39 Å². The Balaban J connectivity index is 1.84. The monoisotopic (exact) mass is 367 g/mol. The summed E-state index contributed by atoms with van der Waals surface area (Å²) >= 11 is 1.55. The van der Waals surface area contributed by atoms with Crippen molar-refractivity contribution in [2.75, 3.05) is 0 Å². The minimum atomic E-state index is -0.221. The van der Waals surface area contributed by atoms with Crippen molar-refractivity contribution in [3.8, 4) is 11.4 Å². The van der Waals surface area contributed by atoms with Gasteiger partial charge in [-0.05, 0) is 29.2 Å². The zero-order valence-electron chi connectivity index (χ0n) is 15.0. The molecule has 0 amide bonds. The molecule has 5 heteroatoms. The number of nitrogens with zero attached hydrogens (tertiary/aromatic N) is 3. The molecule has 0 saturated carbocycles. The van der Waals surface area contributed by atoms with Gasteiger partial charge in [-0.1, -0.05) is 68.1 Å². The maximum atomic E-state index is 13.4. The lowest BCUT2D eigenvalue weighted by atomic mass is 10.0. The van der Waals surface area contributed by atoms with E-state index >= 15 is 0 Å². The molecular weight excluding hydrogens is 345 g/mol. The van der Waals surface area contributed by atoms with Crippen LogP contribution in [0.15, 0.2) is 66.3 Å².